The van der Waals surface area contributed by atoms with Gasteiger partial charge in [0.05, 0.1) is 5.56 Å². The summed E-state index contributed by atoms with van der Waals surface area (Å²) in [5.74, 6) is -2.32. The van der Waals surface area contributed by atoms with E-state index in [0.717, 1.165) is 19.3 Å². The quantitative estimate of drug-likeness (QED) is 0.853. The number of ketones is 1. The highest BCUT2D eigenvalue weighted by molar-refractivity contribution is 6.01. The highest BCUT2D eigenvalue weighted by Crippen LogP contribution is 2.39. The van der Waals surface area contributed by atoms with Gasteiger partial charge in [-0.2, -0.15) is 0 Å². The van der Waals surface area contributed by atoms with Crippen LogP contribution in [0, 0.1) is 24.0 Å². The molecule has 0 bridgehead atoms. The van der Waals surface area contributed by atoms with Crippen molar-refractivity contribution >= 4 is 5.78 Å². The van der Waals surface area contributed by atoms with Gasteiger partial charge in [0.2, 0.25) is 0 Å². The molecular weight excluding hydrogens is 248 g/mol. The summed E-state index contributed by atoms with van der Waals surface area (Å²) in [6.45, 7) is 1.67. The van der Waals surface area contributed by atoms with Gasteiger partial charge in [0.15, 0.2) is 17.4 Å². The Morgan fingerprint density at radius 1 is 1.21 bits per heavy atom. The zero-order chi connectivity index (χ0) is 14.0. The Morgan fingerprint density at radius 3 is 2.42 bits per heavy atom. The summed E-state index contributed by atoms with van der Waals surface area (Å²) in [6, 6.07) is 2.82. The van der Waals surface area contributed by atoms with Gasteiger partial charge < -0.3 is 5.73 Å². The average Bonchev–Trinajstić information content (AvgIpc) is 2.45. The Kier molecular flexibility index (Phi) is 3.99. The smallest absolute Gasteiger partial charge is 0.173 e. The number of Topliss-reactive ketones (excluding diaryl/α,β-unsaturated/α-hetero) is 1. The SMILES string of the molecule is Cc1ccc(C(=O)C2(CN)CCCCC2)c(F)c1F. The largest absolute Gasteiger partial charge is 0.329 e. The van der Waals surface area contributed by atoms with E-state index in [2.05, 4.69) is 0 Å². The summed E-state index contributed by atoms with van der Waals surface area (Å²) < 4.78 is 27.5. The van der Waals surface area contributed by atoms with E-state index in [1.54, 1.807) is 0 Å². The van der Waals surface area contributed by atoms with E-state index in [-0.39, 0.29) is 23.5 Å². The Labute approximate surface area is 112 Å². The third-order valence-electron chi connectivity index (χ3n) is 4.20. The first-order valence-electron chi connectivity index (χ1n) is 6.71. The maximum atomic E-state index is 13.9. The van der Waals surface area contributed by atoms with Gasteiger partial charge in [-0.05, 0) is 31.4 Å². The minimum Gasteiger partial charge on any atom is -0.329 e. The van der Waals surface area contributed by atoms with Crippen LogP contribution in [0.1, 0.15) is 48.0 Å². The molecule has 0 saturated heterocycles. The van der Waals surface area contributed by atoms with E-state index < -0.39 is 17.0 Å². The van der Waals surface area contributed by atoms with Crippen molar-refractivity contribution in [3.05, 3.63) is 34.9 Å². The number of halogens is 2. The standard InChI is InChI=1S/C15H19F2NO/c1-10-5-6-11(13(17)12(10)16)14(19)15(9-18)7-3-2-4-8-15/h5-6H,2-4,7-9,18H2,1H3. The van der Waals surface area contributed by atoms with E-state index in [0.29, 0.717) is 12.8 Å². The van der Waals surface area contributed by atoms with Crippen molar-refractivity contribution in [1.29, 1.82) is 0 Å². The molecule has 2 N–H and O–H groups in total. The molecule has 4 heteroatoms. The van der Waals surface area contributed by atoms with Gasteiger partial charge in [-0.3, -0.25) is 4.79 Å². The van der Waals surface area contributed by atoms with E-state index in [4.69, 9.17) is 5.73 Å². The molecule has 1 fully saturated rings. The van der Waals surface area contributed by atoms with E-state index in [1.807, 2.05) is 0 Å². The second kappa shape index (κ2) is 5.37. The second-order valence-corrected chi connectivity index (χ2v) is 5.43. The van der Waals surface area contributed by atoms with Crippen molar-refractivity contribution in [2.75, 3.05) is 6.54 Å². The lowest BCUT2D eigenvalue weighted by Crippen LogP contribution is -2.40. The van der Waals surface area contributed by atoms with Crippen LogP contribution in [-0.2, 0) is 0 Å². The van der Waals surface area contributed by atoms with Crippen LogP contribution in [0.15, 0.2) is 12.1 Å². The summed E-state index contributed by atoms with van der Waals surface area (Å²) in [6.07, 6.45) is 4.23. The van der Waals surface area contributed by atoms with Gasteiger partial charge in [-0.1, -0.05) is 25.3 Å². The molecule has 0 spiro atoms. The maximum Gasteiger partial charge on any atom is 0.173 e. The summed E-state index contributed by atoms with van der Waals surface area (Å²) in [7, 11) is 0. The van der Waals surface area contributed by atoms with Gasteiger partial charge >= 0.3 is 0 Å². The first-order chi connectivity index (χ1) is 9.02. The maximum absolute atomic E-state index is 13.9. The number of nitrogens with two attached hydrogens (primary N) is 1. The average molecular weight is 267 g/mol. The van der Waals surface area contributed by atoms with Crippen molar-refractivity contribution in [3.63, 3.8) is 0 Å². The molecule has 0 amide bonds. The van der Waals surface area contributed by atoms with Crippen molar-refractivity contribution in [1.82, 2.24) is 0 Å². The summed E-state index contributed by atoms with van der Waals surface area (Å²) in [5, 5.41) is 0. The molecule has 0 aliphatic heterocycles. The van der Waals surface area contributed by atoms with Crippen LogP contribution in [0.3, 0.4) is 0 Å². The van der Waals surface area contributed by atoms with Gasteiger partial charge in [0.1, 0.15) is 0 Å². The molecule has 104 valence electrons. The molecule has 0 radical (unpaired) electrons. The Morgan fingerprint density at radius 2 is 1.84 bits per heavy atom. The van der Waals surface area contributed by atoms with Gasteiger partial charge in [-0.25, -0.2) is 8.78 Å². The Hall–Kier alpha value is -1.29. The molecule has 1 aliphatic carbocycles. The molecule has 0 heterocycles. The number of benzene rings is 1. The van der Waals surface area contributed by atoms with Crippen molar-refractivity contribution < 1.29 is 13.6 Å². The van der Waals surface area contributed by atoms with Crippen LogP contribution < -0.4 is 5.73 Å². The molecule has 2 nitrogen and oxygen atoms in total. The lowest BCUT2D eigenvalue weighted by atomic mass is 9.69. The first-order valence-corrected chi connectivity index (χ1v) is 6.71. The van der Waals surface area contributed by atoms with Crippen molar-refractivity contribution in [2.24, 2.45) is 11.1 Å². The minimum absolute atomic E-state index is 0.157. The summed E-state index contributed by atoms with van der Waals surface area (Å²) >= 11 is 0. The van der Waals surface area contributed by atoms with E-state index in [9.17, 15) is 13.6 Å². The van der Waals surface area contributed by atoms with E-state index in [1.165, 1.54) is 19.1 Å². The molecule has 1 saturated carbocycles. The fraction of sp³-hybridized carbons (Fsp3) is 0.533. The van der Waals surface area contributed by atoms with Crippen LogP contribution in [-0.4, -0.2) is 12.3 Å². The second-order valence-electron chi connectivity index (χ2n) is 5.43. The molecule has 2 rings (SSSR count). The molecule has 0 atom stereocenters. The zero-order valence-electron chi connectivity index (χ0n) is 11.1. The molecule has 0 aromatic heterocycles. The van der Waals surface area contributed by atoms with Crippen LogP contribution >= 0.6 is 0 Å². The fourth-order valence-electron chi connectivity index (χ4n) is 2.86. The van der Waals surface area contributed by atoms with Gasteiger partial charge in [0, 0.05) is 12.0 Å². The van der Waals surface area contributed by atoms with Crippen LogP contribution in [0.25, 0.3) is 0 Å². The van der Waals surface area contributed by atoms with Crippen LogP contribution in [0.4, 0.5) is 8.78 Å². The minimum atomic E-state index is -1.04. The van der Waals surface area contributed by atoms with Crippen LogP contribution in [0.5, 0.6) is 0 Å². The molecule has 1 aromatic carbocycles. The fourth-order valence-corrected chi connectivity index (χ4v) is 2.86. The Bertz CT molecular complexity index is 493. The lowest BCUT2D eigenvalue weighted by Gasteiger charge is -2.34. The predicted octanol–water partition coefficient (Wildman–Crippen LogP) is 3.37. The van der Waals surface area contributed by atoms with E-state index >= 15 is 0 Å². The predicted molar refractivity (Wildman–Crippen MR) is 70.0 cm³/mol. The molecule has 0 unspecified atom stereocenters. The zero-order valence-corrected chi connectivity index (χ0v) is 11.1. The third kappa shape index (κ3) is 2.41. The van der Waals surface area contributed by atoms with Crippen molar-refractivity contribution in [3.8, 4) is 0 Å². The van der Waals surface area contributed by atoms with Gasteiger partial charge in [0.25, 0.3) is 0 Å². The molecular formula is C15H19F2NO. The highest BCUT2D eigenvalue weighted by Gasteiger charge is 2.40. The number of carbonyl (C=O) groups is 1. The number of carbonyl (C=O) groups excluding carboxylic acids is 1. The Balaban J connectivity index is 2.40. The topological polar surface area (TPSA) is 43.1 Å². The number of rotatable bonds is 3. The molecule has 19 heavy (non-hydrogen) atoms. The number of aryl methyl sites for hydroxylation is 1. The van der Waals surface area contributed by atoms with Gasteiger partial charge in [-0.15, -0.1) is 0 Å². The third-order valence-corrected chi connectivity index (χ3v) is 4.20. The summed E-state index contributed by atoms with van der Waals surface area (Å²) in [5.41, 5.74) is 5.10. The van der Waals surface area contributed by atoms with Crippen LogP contribution in [0.2, 0.25) is 0 Å². The molecule has 1 aromatic rings. The molecule has 1 aliphatic rings. The monoisotopic (exact) mass is 267 g/mol. The summed E-state index contributed by atoms with van der Waals surface area (Å²) in [4.78, 5) is 12.6. The van der Waals surface area contributed by atoms with Crippen molar-refractivity contribution in [2.45, 2.75) is 39.0 Å². The first kappa shape index (κ1) is 14.1. The highest BCUT2D eigenvalue weighted by atomic mass is 19.2. The number of hydrogen-bond donors (Lipinski definition) is 1. The lowest BCUT2D eigenvalue weighted by molar-refractivity contribution is 0.0723. The normalized spacial score (nSPS) is 18.3. The number of hydrogen-bond acceptors (Lipinski definition) is 2.